The Kier molecular flexibility index (Phi) is 4.65. The maximum atomic E-state index is 11.1. The Balaban J connectivity index is 2.71. The van der Waals surface area contributed by atoms with Gasteiger partial charge >= 0.3 is 11.9 Å². The molecule has 1 rings (SSSR count). The highest BCUT2D eigenvalue weighted by Crippen LogP contribution is 2.21. The van der Waals surface area contributed by atoms with Crippen molar-refractivity contribution in [2.24, 2.45) is 11.7 Å². The molecule has 0 aliphatic rings. The molecule has 0 saturated carbocycles. The highest BCUT2D eigenvalue weighted by molar-refractivity contribution is 7.10. The van der Waals surface area contributed by atoms with E-state index >= 15 is 0 Å². The van der Waals surface area contributed by atoms with Crippen molar-refractivity contribution in [1.82, 2.24) is 0 Å². The zero-order valence-corrected chi connectivity index (χ0v) is 10.2. The maximum Gasteiger partial charge on any atom is 0.320 e. The van der Waals surface area contributed by atoms with E-state index < -0.39 is 23.9 Å². The largest absolute Gasteiger partial charge is 0.481 e. The second-order valence-corrected chi connectivity index (χ2v) is 5.04. The first-order valence-corrected chi connectivity index (χ1v) is 6.04. The van der Waals surface area contributed by atoms with Crippen molar-refractivity contribution in [2.45, 2.75) is 25.8 Å². The number of carbonyl (C=O) groups is 2. The Morgan fingerprint density at radius 3 is 2.47 bits per heavy atom. The van der Waals surface area contributed by atoms with Crippen molar-refractivity contribution < 1.29 is 19.8 Å². The van der Waals surface area contributed by atoms with Crippen molar-refractivity contribution in [3.8, 4) is 0 Å². The Hall–Kier alpha value is -1.40. The highest BCUT2D eigenvalue weighted by Gasteiger charge is 2.25. The van der Waals surface area contributed by atoms with Crippen LogP contribution in [-0.4, -0.2) is 28.2 Å². The molecule has 17 heavy (non-hydrogen) atoms. The molecule has 1 heterocycles. The van der Waals surface area contributed by atoms with Gasteiger partial charge in [0.25, 0.3) is 0 Å². The van der Waals surface area contributed by atoms with Crippen LogP contribution in [0.4, 0.5) is 0 Å². The Labute approximate surface area is 103 Å². The lowest BCUT2D eigenvalue weighted by Crippen LogP contribution is -2.35. The van der Waals surface area contributed by atoms with Crippen LogP contribution >= 0.6 is 11.3 Å². The fraction of sp³-hybridized carbons (Fsp3) is 0.455. The number of thiophene rings is 1. The Bertz CT molecular complexity index is 415. The third kappa shape index (κ3) is 3.83. The van der Waals surface area contributed by atoms with Gasteiger partial charge < -0.3 is 15.9 Å². The van der Waals surface area contributed by atoms with Crippen LogP contribution in [0.25, 0.3) is 0 Å². The molecule has 2 atom stereocenters. The van der Waals surface area contributed by atoms with Crippen LogP contribution in [0.5, 0.6) is 0 Å². The van der Waals surface area contributed by atoms with Crippen LogP contribution in [0.15, 0.2) is 11.4 Å². The van der Waals surface area contributed by atoms with E-state index in [1.165, 1.54) is 0 Å². The summed E-state index contributed by atoms with van der Waals surface area (Å²) < 4.78 is 0. The number of aliphatic carboxylic acids is 2. The van der Waals surface area contributed by atoms with Gasteiger partial charge in [0, 0.05) is 4.88 Å². The molecule has 1 aromatic rings. The van der Waals surface area contributed by atoms with E-state index in [2.05, 4.69) is 0 Å². The molecule has 6 heteroatoms. The number of hydrogen-bond donors (Lipinski definition) is 3. The van der Waals surface area contributed by atoms with Crippen molar-refractivity contribution in [2.75, 3.05) is 0 Å². The number of nitrogens with two attached hydrogens (primary N) is 1. The fourth-order valence-electron chi connectivity index (χ4n) is 1.57. The summed E-state index contributed by atoms with van der Waals surface area (Å²) in [6, 6.07) is 0.734. The second-order valence-electron chi connectivity index (χ2n) is 3.92. The number of hydrogen-bond acceptors (Lipinski definition) is 4. The molecule has 2 unspecified atom stereocenters. The van der Waals surface area contributed by atoms with Gasteiger partial charge in [0.05, 0.1) is 5.92 Å². The zero-order chi connectivity index (χ0) is 13.0. The van der Waals surface area contributed by atoms with Crippen molar-refractivity contribution in [3.63, 3.8) is 0 Å². The summed E-state index contributed by atoms with van der Waals surface area (Å²) in [5.74, 6) is -2.93. The van der Waals surface area contributed by atoms with Gasteiger partial charge in [0.15, 0.2) is 0 Å². The number of aryl methyl sites for hydroxylation is 1. The lowest BCUT2D eigenvalue weighted by atomic mass is 9.93. The monoisotopic (exact) mass is 257 g/mol. The molecule has 0 radical (unpaired) electrons. The van der Waals surface area contributed by atoms with Gasteiger partial charge in [0.1, 0.15) is 6.04 Å². The van der Waals surface area contributed by atoms with Gasteiger partial charge in [0.2, 0.25) is 0 Å². The topological polar surface area (TPSA) is 101 Å². The molecule has 0 spiro atoms. The maximum absolute atomic E-state index is 11.1. The first kappa shape index (κ1) is 13.7. The summed E-state index contributed by atoms with van der Waals surface area (Å²) in [6.45, 7) is 1.91. The molecule has 0 fully saturated rings. The molecule has 0 aromatic carbocycles. The van der Waals surface area contributed by atoms with E-state index in [0.717, 1.165) is 10.4 Å². The zero-order valence-electron chi connectivity index (χ0n) is 9.42. The van der Waals surface area contributed by atoms with E-state index in [0.29, 0.717) is 6.42 Å². The fourth-order valence-corrected chi connectivity index (χ4v) is 2.31. The first-order valence-electron chi connectivity index (χ1n) is 5.16. The van der Waals surface area contributed by atoms with Gasteiger partial charge in [-0.25, -0.2) is 0 Å². The summed E-state index contributed by atoms with van der Waals surface area (Å²) in [6.07, 6.45) is 0.269. The molecule has 1 aromatic heterocycles. The van der Waals surface area contributed by atoms with Gasteiger partial charge in [-0.3, -0.25) is 9.59 Å². The van der Waals surface area contributed by atoms with Gasteiger partial charge in [-0.15, -0.1) is 11.3 Å². The summed E-state index contributed by atoms with van der Waals surface area (Å²) in [7, 11) is 0. The number of carboxylic acid groups (broad SMARTS) is 2. The summed E-state index contributed by atoms with van der Waals surface area (Å²) >= 11 is 1.54. The highest BCUT2D eigenvalue weighted by atomic mass is 32.1. The van der Waals surface area contributed by atoms with Crippen molar-refractivity contribution >= 4 is 23.3 Å². The molecule has 0 saturated heterocycles. The number of carboxylic acids is 2. The molecule has 0 aliphatic carbocycles. The third-order valence-electron chi connectivity index (χ3n) is 2.64. The van der Waals surface area contributed by atoms with E-state index in [-0.39, 0.29) is 6.42 Å². The molecule has 5 nitrogen and oxygen atoms in total. The quantitative estimate of drug-likeness (QED) is 0.708. The average Bonchev–Trinajstić information content (AvgIpc) is 2.62. The van der Waals surface area contributed by atoms with E-state index in [1.54, 1.807) is 11.3 Å². The SMILES string of the molecule is Cc1sccc1CC(CC(N)C(=O)O)C(=O)O. The second kappa shape index (κ2) is 5.79. The van der Waals surface area contributed by atoms with Crippen LogP contribution in [-0.2, 0) is 16.0 Å². The van der Waals surface area contributed by atoms with E-state index in [1.807, 2.05) is 18.4 Å². The molecule has 4 N–H and O–H groups in total. The predicted octanol–water partition coefficient (Wildman–Crippen LogP) is 1.10. The van der Waals surface area contributed by atoms with Gasteiger partial charge in [-0.2, -0.15) is 0 Å². The minimum absolute atomic E-state index is 0.0556. The smallest absolute Gasteiger partial charge is 0.320 e. The van der Waals surface area contributed by atoms with Gasteiger partial charge in [-0.1, -0.05) is 0 Å². The van der Waals surface area contributed by atoms with Crippen LogP contribution in [0.1, 0.15) is 16.9 Å². The molecule has 0 bridgehead atoms. The minimum Gasteiger partial charge on any atom is -0.481 e. The molecule has 94 valence electrons. The normalized spacial score (nSPS) is 14.2. The van der Waals surface area contributed by atoms with E-state index in [9.17, 15) is 9.59 Å². The average molecular weight is 257 g/mol. The molecular weight excluding hydrogens is 242 g/mol. The number of rotatable bonds is 6. The lowest BCUT2D eigenvalue weighted by Gasteiger charge is -2.14. The predicted molar refractivity (Wildman–Crippen MR) is 64.1 cm³/mol. The van der Waals surface area contributed by atoms with Crippen LogP contribution in [0.3, 0.4) is 0 Å². The summed E-state index contributed by atoms with van der Waals surface area (Å²) in [5, 5.41) is 19.6. The standard InChI is InChI=1S/C11H15NO4S/c1-6-7(2-3-17-6)4-8(10(13)14)5-9(12)11(15)16/h2-3,8-9H,4-5,12H2,1H3,(H,13,14)(H,15,16). The molecule has 0 amide bonds. The van der Waals surface area contributed by atoms with Crippen LogP contribution in [0.2, 0.25) is 0 Å². The lowest BCUT2D eigenvalue weighted by molar-refractivity contribution is -0.143. The first-order chi connectivity index (χ1) is 7.91. The molecule has 0 aliphatic heterocycles. The summed E-state index contributed by atoms with van der Waals surface area (Å²) in [5.41, 5.74) is 6.31. The third-order valence-corrected chi connectivity index (χ3v) is 3.53. The Morgan fingerprint density at radius 2 is 2.06 bits per heavy atom. The van der Waals surface area contributed by atoms with Crippen LogP contribution < -0.4 is 5.73 Å². The van der Waals surface area contributed by atoms with Crippen LogP contribution in [0, 0.1) is 12.8 Å². The molecular formula is C11H15NO4S. The van der Waals surface area contributed by atoms with E-state index in [4.69, 9.17) is 15.9 Å². The minimum atomic E-state index is -1.17. The van der Waals surface area contributed by atoms with Crippen molar-refractivity contribution in [1.29, 1.82) is 0 Å². The Morgan fingerprint density at radius 1 is 1.41 bits per heavy atom. The summed E-state index contributed by atoms with van der Waals surface area (Å²) in [4.78, 5) is 22.7. The van der Waals surface area contributed by atoms with Gasteiger partial charge in [-0.05, 0) is 36.8 Å². The van der Waals surface area contributed by atoms with Crippen molar-refractivity contribution in [3.05, 3.63) is 21.9 Å².